The summed E-state index contributed by atoms with van der Waals surface area (Å²) in [5, 5.41) is 12.4. The van der Waals surface area contributed by atoms with Crippen molar-refractivity contribution in [2.24, 2.45) is 0 Å². The molecule has 0 unspecified atom stereocenters. The van der Waals surface area contributed by atoms with E-state index in [9.17, 15) is 14.9 Å². The Morgan fingerprint density at radius 2 is 1.87 bits per heavy atom. The predicted molar refractivity (Wildman–Crippen MR) is 143 cm³/mol. The zero-order valence-electron chi connectivity index (χ0n) is 20.8. The number of pyridine rings is 1. The number of carbonyl (C=O) groups excluding carboxylic acids is 1. The number of benzene rings is 1. The van der Waals surface area contributed by atoms with Crippen LogP contribution >= 0.6 is 0 Å². The summed E-state index contributed by atoms with van der Waals surface area (Å²) in [5.74, 6) is 1.20. The first-order valence-electron chi connectivity index (χ1n) is 12.1. The second-order valence-electron chi connectivity index (χ2n) is 8.69. The Labute approximate surface area is 219 Å². The summed E-state index contributed by atoms with van der Waals surface area (Å²) in [6.45, 7) is 2.75. The van der Waals surface area contributed by atoms with Crippen LogP contribution in [-0.4, -0.2) is 48.6 Å². The van der Waals surface area contributed by atoms with Crippen LogP contribution in [-0.2, 0) is 11.3 Å². The van der Waals surface area contributed by atoms with Gasteiger partial charge in [0.2, 0.25) is 0 Å². The Morgan fingerprint density at radius 1 is 1.11 bits per heavy atom. The van der Waals surface area contributed by atoms with Crippen LogP contribution < -0.4 is 25.4 Å². The molecule has 3 aromatic heterocycles. The van der Waals surface area contributed by atoms with Gasteiger partial charge in [-0.15, -0.1) is 0 Å². The molecule has 4 heterocycles. The van der Waals surface area contributed by atoms with Crippen molar-refractivity contribution in [3.05, 3.63) is 94.3 Å². The molecule has 192 valence electrons. The summed E-state index contributed by atoms with van der Waals surface area (Å²) in [6.07, 6.45) is 4.46. The molecule has 10 heteroatoms. The Hall–Kier alpha value is -5.04. The minimum absolute atomic E-state index is 0.125. The lowest BCUT2D eigenvalue weighted by molar-refractivity contribution is -0.117. The van der Waals surface area contributed by atoms with Gasteiger partial charge in [-0.2, -0.15) is 5.26 Å². The van der Waals surface area contributed by atoms with Crippen LogP contribution in [0.3, 0.4) is 0 Å². The average Bonchev–Trinajstić information content (AvgIpc) is 3.49. The van der Waals surface area contributed by atoms with E-state index in [1.165, 1.54) is 16.7 Å². The molecule has 38 heavy (non-hydrogen) atoms. The molecule has 1 fully saturated rings. The Kier molecular flexibility index (Phi) is 7.08. The van der Waals surface area contributed by atoms with Gasteiger partial charge in [0, 0.05) is 38.1 Å². The van der Waals surface area contributed by atoms with Gasteiger partial charge in [-0.05, 0) is 54.6 Å². The second kappa shape index (κ2) is 10.9. The van der Waals surface area contributed by atoms with Crippen molar-refractivity contribution in [3.8, 4) is 11.8 Å². The lowest BCUT2D eigenvalue weighted by Gasteiger charge is -2.37. The van der Waals surface area contributed by atoms with Gasteiger partial charge in [0.05, 0.1) is 25.5 Å². The summed E-state index contributed by atoms with van der Waals surface area (Å²) in [7, 11) is 1.64. The van der Waals surface area contributed by atoms with Crippen molar-refractivity contribution >= 4 is 29.1 Å². The largest absolute Gasteiger partial charge is 0.497 e. The molecule has 1 aromatic carbocycles. The number of anilines is 2. The highest BCUT2D eigenvalue weighted by Crippen LogP contribution is 2.24. The van der Waals surface area contributed by atoms with Gasteiger partial charge >= 0.3 is 0 Å². The molecule has 1 aliphatic rings. The van der Waals surface area contributed by atoms with Crippen molar-refractivity contribution in [1.82, 2.24) is 14.7 Å². The summed E-state index contributed by atoms with van der Waals surface area (Å²) in [5.41, 5.74) is 1.22. The fraction of sp³-hybridized carbons (Fsp3) is 0.214. The van der Waals surface area contributed by atoms with E-state index in [0.29, 0.717) is 43.4 Å². The lowest BCUT2D eigenvalue weighted by Crippen LogP contribution is -2.47. The topological polar surface area (TPSA) is 116 Å². The third-order valence-electron chi connectivity index (χ3n) is 6.42. The Balaban J connectivity index is 1.44. The van der Waals surface area contributed by atoms with E-state index in [-0.39, 0.29) is 23.2 Å². The second-order valence-corrected chi connectivity index (χ2v) is 8.69. The number of aromatic nitrogens is 2. The Bertz CT molecular complexity index is 1560. The van der Waals surface area contributed by atoms with E-state index in [1.807, 2.05) is 41.3 Å². The average molecular weight is 511 g/mol. The number of nitrogens with zero attached hydrogens (tertiary/aromatic N) is 5. The smallest absolute Gasteiger partial charge is 0.267 e. The van der Waals surface area contributed by atoms with Crippen LogP contribution in [0.4, 0.5) is 11.5 Å². The number of piperazine rings is 1. The first-order chi connectivity index (χ1) is 18.6. The van der Waals surface area contributed by atoms with E-state index in [1.54, 1.807) is 37.6 Å². The minimum Gasteiger partial charge on any atom is -0.497 e. The summed E-state index contributed by atoms with van der Waals surface area (Å²) >= 11 is 0. The number of methoxy groups -OCH3 is 1. The predicted octanol–water partition coefficient (Wildman–Crippen LogP) is 2.85. The van der Waals surface area contributed by atoms with E-state index in [0.717, 1.165) is 11.4 Å². The molecular formula is C28H26N6O4. The molecule has 5 rings (SSSR count). The van der Waals surface area contributed by atoms with Gasteiger partial charge in [0.1, 0.15) is 34.6 Å². The van der Waals surface area contributed by atoms with Gasteiger partial charge in [0.25, 0.3) is 11.5 Å². The van der Waals surface area contributed by atoms with Crippen LogP contribution in [0.15, 0.2) is 81.8 Å². The van der Waals surface area contributed by atoms with Crippen molar-refractivity contribution in [2.75, 3.05) is 43.1 Å². The monoisotopic (exact) mass is 510 g/mol. The summed E-state index contributed by atoms with van der Waals surface area (Å²) in [4.78, 5) is 35.4. The van der Waals surface area contributed by atoms with Crippen LogP contribution in [0, 0.1) is 11.3 Å². The first-order valence-corrected chi connectivity index (χ1v) is 12.1. The highest BCUT2D eigenvalue weighted by Gasteiger charge is 2.24. The number of nitrogens with one attached hydrogen (secondary N) is 1. The van der Waals surface area contributed by atoms with Gasteiger partial charge in [0.15, 0.2) is 0 Å². The molecule has 1 saturated heterocycles. The number of ether oxygens (including phenoxy) is 1. The van der Waals surface area contributed by atoms with E-state index in [2.05, 4.69) is 10.2 Å². The zero-order chi connectivity index (χ0) is 26.5. The lowest BCUT2D eigenvalue weighted by atomic mass is 10.1. The normalized spacial score (nSPS) is 13.8. The first kappa shape index (κ1) is 24.6. The molecule has 1 N–H and O–H groups in total. The number of amides is 1. The van der Waals surface area contributed by atoms with Crippen LogP contribution in [0.5, 0.6) is 5.75 Å². The molecule has 0 radical (unpaired) electrons. The maximum Gasteiger partial charge on any atom is 0.267 e. The van der Waals surface area contributed by atoms with Gasteiger partial charge in [-0.1, -0.05) is 6.07 Å². The minimum atomic E-state index is -0.600. The molecule has 1 amide bonds. The molecule has 0 bridgehead atoms. The summed E-state index contributed by atoms with van der Waals surface area (Å²) < 4.78 is 11.9. The maximum absolute atomic E-state index is 13.5. The highest BCUT2D eigenvalue weighted by molar-refractivity contribution is 6.02. The number of rotatable bonds is 7. The third kappa shape index (κ3) is 5.08. The maximum atomic E-state index is 13.5. The standard InChI is InChI=1S/C28H26N6O4/c1-37-22-9-7-21(8-10-22)32-12-14-33(15-13-32)26-24(28(36)34-11-3-2-6-25(34)31-26)17-20(18-29)27(35)30-19-23-5-4-16-38-23/h2-11,16-17H,12-15,19H2,1H3,(H,30,35)/b20-17+. The SMILES string of the molecule is COc1ccc(N2CCN(c3nc4ccccn4c(=O)c3/C=C(\C#N)C(=O)NCc3ccco3)CC2)cc1. The molecule has 0 spiro atoms. The molecule has 0 aliphatic carbocycles. The molecule has 0 saturated carbocycles. The summed E-state index contributed by atoms with van der Waals surface area (Å²) in [6, 6.07) is 18.6. The number of hydrogen-bond acceptors (Lipinski definition) is 8. The van der Waals surface area contributed by atoms with Crippen molar-refractivity contribution in [1.29, 1.82) is 5.26 Å². The fourth-order valence-electron chi connectivity index (χ4n) is 4.40. The van der Waals surface area contributed by atoms with E-state index >= 15 is 0 Å². The van der Waals surface area contributed by atoms with Crippen molar-refractivity contribution in [2.45, 2.75) is 6.54 Å². The van der Waals surface area contributed by atoms with Gasteiger partial charge in [-0.25, -0.2) is 4.98 Å². The number of nitriles is 1. The van der Waals surface area contributed by atoms with Crippen LogP contribution in [0.25, 0.3) is 11.7 Å². The number of hydrogen-bond donors (Lipinski definition) is 1. The zero-order valence-corrected chi connectivity index (χ0v) is 20.8. The molecule has 1 aliphatic heterocycles. The molecule has 0 atom stereocenters. The van der Waals surface area contributed by atoms with E-state index in [4.69, 9.17) is 14.1 Å². The highest BCUT2D eigenvalue weighted by atomic mass is 16.5. The number of fused-ring (bicyclic) bond motifs is 1. The molecule has 4 aromatic rings. The van der Waals surface area contributed by atoms with Crippen LogP contribution in [0.1, 0.15) is 11.3 Å². The van der Waals surface area contributed by atoms with Gasteiger partial charge in [-0.3, -0.25) is 14.0 Å². The molecule has 10 nitrogen and oxygen atoms in total. The quantitative estimate of drug-likeness (QED) is 0.298. The number of furan rings is 1. The number of carbonyl (C=O) groups is 1. The van der Waals surface area contributed by atoms with E-state index < -0.39 is 5.91 Å². The molecular weight excluding hydrogens is 484 g/mol. The Morgan fingerprint density at radius 3 is 2.55 bits per heavy atom. The van der Waals surface area contributed by atoms with Crippen molar-refractivity contribution < 1.29 is 13.9 Å². The third-order valence-corrected chi connectivity index (χ3v) is 6.42. The fourth-order valence-corrected chi connectivity index (χ4v) is 4.40. The van der Waals surface area contributed by atoms with Crippen molar-refractivity contribution in [3.63, 3.8) is 0 Å². The van der Waals surface area contributed by atoms with Gasteiger partial charge < -0.3 is 24.3 Å². The van der Waals surface area contributed by atoms with Crippen LogP contribution in [0.2, 0.25) is 0 Å².